The molecule has 0 atom stereocenters. The molecule has 1 aromatic carbocycles. The van der Waals surface area contributed by atoms with Gasteiger partial charge < -0.3 is 9.88 Å². The number of nitrogens with one attached hydrogen (secondary N) is 1. The molecule has 1 heterocycles. The number of benzene rings is 1. The van der Waals surface area contributed by atoms with Crippen LogP contribution in [0, 0.1) is 11.6 Å². The number of nitrogens with zero attached hydrogens (tertiary/aromatic N) is 3. The molecule has 2 aromatic rings. The van der Waals surface area contributed by atoms with E-state index in [4.69, 9.17) is 0 Å². The van der Waals surface area contributed by atoms with Gasteiger partial charge in [0.2, 0.25) is 0 Å². The first-order valence-electron chi connectivity index (χ1n) is 8.81. The van der Waals surface area contributed by atoms with Gasteiger partial charge in [-0.1, -0.05) is 30.7 Å². The van der Waals surface area contributed by atoms with Crippen LogP contribution in [0.2, 0.25) is 0 Å². The van der Waals surface area contributed by atoms with Gasteiger partial charge in [0, 0.05) is 19.0 Å². The highest BCUT2D eigenvalue weighted by Gasteiger charge is 2.23. The topological polar surface area (TPSA) is 59.8 Å². The van der Waals surface area contributed by atoms with Crippen LogP contribution in [-0.2, 0) is 6.42 Å². The van der Waals surface area contributed by atoms with Crippen LogP contribution in [0.4, 0.5) is 8.78 Å². The Bertz CT molecular complexity index is 754. The highest BCUT2D eigenvalue weighted by atomic mass is 32.2. The first-order valence-corrected chi connectivity index (χ1v) is 10.0. The fourth-order valence-electron chi connectivity index (χ4n) is 3.40. The number of hydrogen-bond acceptors (Lipinski definition) is 4. The molecule has 140 valence electrons. The average Bonchev–Trinajstić information content (AvgIpc) is 3.27. The third-order valence-electron chi connectivity index (χ3n) is 4.66. The predicted octanol–water partition coefficient (Wildman–Crippen LogP) is 3.76. The second-order valence-electron chi connectivity index (χ2n) is 6.37. The quantitative estimate of drug-likeness (QED) is 0.587. The Kier molecular flexibility index (Phi) is 6.24. The first kappa shape index (κ1) is 18.8. The number of aromatic nitrogens is 3. The minimum atomic E-state index is -0.854. The van der Waals surface area contributed by atoms with Gasteiger partial charge in [-0.15, -0.1) is 10.2 Å². The van der Waals surface area contributed by atoms with Crippen LogP contribution in [-0.4, -0.2) is 33.5 Å². The zero-order chi connectivity index (χ0) is 18.5. The molecule has 5 nitrogen and oxygen atoms in total. The van der Waals surface area contributed by atoms with Gasteiger partial charge >= 0.3 is 0 Å². The maximum atomic E-state index is 13.6. The second-order valence-corrected chi connectivity index (χ2v) is 7.14. The summed E-state index contributed by atoms with van der Waals surface area (Å²) < 4.78 is 29.5. The maximum Gasteiger partial charge on any atom is 0.257 e. The van der Waals surface area contributed by atoms with Crippen molar-refractivity contribution in [3.05, 3.63) is 41.2 Å². The molecule has 0 radical (unpaired) electrons. The number of rotatable bonds is 7. The summed E-state index contributed by atoms with van der Waals surface area (Å²) in [4.78, 5) is 12.0. The summed E-state index contributed by atoms with van der Waals surface area (Å²) in [6.07, 6.45) is 8.00. The molecule has 1 amide bonds. The van der Waals surface area contributed by atoms with E-state index in [-0.39, 0.29) is 0 Å². The summed E-state index contributed by atoms with van der Waals surface area (Å²) in [5.41, 5.74) is -0.536. The summed E-state index contributed by atoms with van der Waals surface area (Å²) in [5.74, 6) is -1.53. The number of carbonyl (C=O) groups excluding carboxylic acids is 1. The lowest BCUT2D eigenvalue weighted by Crippen LogP contribution is -2.27. The van der Waals surface area contributed by atoms with E-state index in [0.717, 1.165) is 36.0 Å². The van der Waals surface area contributed by atoms with Gasteiger partial charge in [0.05, 0.1) is 0 Å². The smallest absolute Gasteiger partial charge is 0.257 e. The predicted molar refractivity (Wildman–Crippen MR) is 96.3 cm³/mol. The van der Waals surface area contributed by atoms with Crippen molar-refractivity contribution in [1.82, 2.24) is 20.1 Å². The molecule has 8 heteroatoms. The SMILES string of the molecule is CSc1nnc(CCCNC(=O)c2c(F)cccc2F)n1C1CCCC1. The summed E-state index contributed by atoms with van der Waals surface area (Å²) in [6, 6.07) is 3.84. The van der Waals surface area contributed by atoms with Crippen molar-refractivity contribution < 1.29 is 13.6 Å². The Morgan fingerprint density at radius 3 is 2.62 bits per heavy atom. The van der Waals surface area contributed by atoms with Crippen molar-refractivity contribution >= 4 is 17.7 Å². The second kappa shape index (κ2) is 8.62. The third kappa shape index (κ3) is 4.06. The monoisotopic (exact) mass is 380 g/mol. The lowest BCUT2D eigenvalue weighted by atomic mass is 10.2. The molecule has 0 aliphatic heterocycles. The first-order chi connectivity index (χ1) is 12.6. The van der Waals surface area contributed by atoms with Crippen molar-refractivity contribution in [2.75, 3.05) is 12.8 Å². The lowest BCUT2D eigenvalue weighted by Gasteiger charge is -2.16. The number of halogens is 2. The minimum Gasteiger partial charge on any atom is -0.352 e. The number of thioether (sulfide) groups is 1. The highest BCUT2D eigenvalue weighted by molar-refractivity contribution is 7.98. The fourth-order valence-corrected chi connectivity index (χ4v) is 3.97. The van der Waals surface area contributed by atoms with Gasteiger partial charge in [0.25, 0.3) is 5.91 Å². The zero-order valence-electron chi connectivity index (χ0n) is 14.7. The number of hydrogen-bond donors (Lipinski definition) is 1. The van der Waals surface area contributed by atoms with Gasteiger partial charge in [-0.05, 0) is 37.7 Å². The highest BCUT2D eigenvalue weighted by Crippen LogP contribution is 2.33. The maximum absolute atomic E-state index is 13.6. The normalized spacial score (nSPS) is 14.7. The summed E-state index contributed by atoms with van der Waals surface area (Å²) in [7, 11) is 0. The summed E-state index contributed by atoms with van der Waals surface area (Å²) in [5, 5.41) is 12.0. The molecule has 26 heavy (non-hydrogen) atoms. The van der Waals surface area contributed by atoms with E-state index in [1.54, 1.807) is 11.8 Å². The van der Waals surface area contributed by atoms with Crippen LogP contribution < -0.4 is 5.32 Å². The number of carbonyl (C=O) groups is 1. The van der Waals surface area contributed by atoms with Gasteiger partial charge in [0.15, 0.2) is 5.16 Å². The Labute approximate surface area is 155 Å². The molecule has 1 N–H and O–H groups in total. The lowest BCUT2D eigenvalue weighted by molar-refractivity contribution is 0.0944. The molecule has 0 bridgehead atoms. The molecular formula is C18H22F2N4OS. The van der Waals surface area contributed by atoms with Crippen molar-refractivity contribution in [2.45, 2.75) is 49.7 Å². The van der Waals surface area contributed by atoms with E-state index in [0.29, 0.717) is 25.4 Å². The Morgan fingerprint density at radius 2 is 1.96 bits per heavy atom. The summed E-state index contributed by atoms with van der Waals surface area (Å²) >= 11 is 1.58. The molecule has 1 aromatic heterocycles. The van der Waals surface area contributed by atoms with Gasteiger partial charge in [0.1, 0.15) is 23.0 Å². The fraction of sp³-hybridized carbons (Fsp3) is 0.500. The molecule has 0 saturated heterocycles. The van der Waals surface area contributed by atoms with Crippen LogP contribution >= 0.6 is 11.8 Å². The number of aryl methyl sites for hydroxylation is 1. The van der Waals surface area contributed by atoms with Crippen molar-refractivity contribution in [1.29, 1.82) is 0 Å². The van der Waals surface area contributed by atoms with Crippen LogP contribution in [0.5, 0.6) is 0 Å². The molecule has 1 aliphatic carbocycles. The zero-order valence-corrected chi connectivity index (χ0v) is 15.5. The Morgan fingerprint density at radius 1 is 1.27 bits per heavy atom. The van der Waals surface area contributed by atoms with Crippen LogP contribution in [0.3, 0.4) is 0 Å². The summed E-state index contributed by atoms with van der Waals surface area (Å²) in [6.45, 7) is 0.318. The van der Waals surface area contributed by atoms with Gasteiger partial charge in [-0.2, -0.15) is 0 Å². The van der Waals surface area contributed by atoms with Crippen LogP contribution in [0.15, 0.2) is 23.4 Å². The largest absolute Gasteiger partial charge is 0.352 e. The average molecular weight is 380 g/mol. The van der Waals surface area contributed by atoms with E-state index in [1.165, 1.54) is 18.9 Å². The molecule has 1 fully saturated rings. The molecule has 1 saturated carbocycles. The molecular weight excluding hydrogens is 358 g/mol. The van der Waals surface area contributed by atoms with Crippen LogP contribution in [0.25, 0.3) is 0 Å². The standard InChI is InChI=1S/C18H22F2N4OS/c1-26-18-23-22-15(24(18)12-6-2-3-7-12)10-5-11-21-17(25)16-13(19)8-4-9-14(16)20/h4,8-9,12H,2-3,5-7,10-11H2,1H3,(H,21,25). The van der Waals surface area contributed by atoms with E-state index in [9.17, 15) is 13.6 Å². The van der Waals surface area contributed by atoms with Crippen molar-refractivity contribution in [2.24, 2.45) is 0 Å². The molecule has 3 rings (SSSR count). The van der Waals surface area contributed by atoms with Gasteiger partial charge in [-0.3, -0.25) is 4.79 Å². The van der Waals surface area contributed by atoms with E-state index in [2.05, 4.69) is 20.1 Å². The van der Waals surface area contributed by atoms with E-state index in [1.807, 2.05) is 6.26 Å². The van der Waals surface area contributed by atoms with E-state index >= 15 is 0 Å². The minimum absolute atomic E-state index is 0.318. The molecule has 1 aliphatic rings. The molecule has 0 spiro atoms. The Balaban J connectivity index is 1.57. The van der Waals surface area contributed by atoms with Gasteiger partial charge in [-0.25, -0.2) is 8.78 Å². The van der Waals surface area contributed by atoms with E-state index < -0.39 is 23.1 Å². The third-order valence-corrected chi connectivity index (χ3v) is 5.30. The Hall–Kier alpha value is -1.96. The number of amides is 1. The van der Waals surface area contributed by atoms with Crippen molar-refractivity contribution in [3.63, 3.8) is 0 Å². The van der Waals surface area contributed by atoms with Crippen LogP contribution in [0.1, 0.15) is 54.3 Å². The molecule has 0 unspecified atom stereocenters. The van der Waals surface area contributed by atoms with Crippen molar-refractivity contribution in [3.8, 4) is 0 Å².